The highest BCUT2D eigenvalue weighted by Gasteiger charge is 2.30. The van der Waals surface area contributed by atoms with Crippen LogP contribution < -0.4 is 0 Å². The second kappa shape index (κ2) is 4.77. The number of hydrogen-bond donors (Lipinski definition) is 0. The first-order valence-corrected chi connectivity index (χ1v) is 6.40. The van der Waals surface area contributed by atoms with E-state index in [4.69, 9.17) is 4.74 Å². The van der Waals surface area contributed by atoms with Crippen molar-refractivity contribution in [3.05, 3.63) is 41.6 Å². The van der Waals surface area contributed by atoms with Crippen molar-refractivity contribution >= 4 is 17.9 Å². The van der Waals surface area contributed by atoms with Gasteiger partial charge in [-0.2, -0.15) is 0 Å². The highest BCUT2D eigenvalue weighted by molar-refractivity contribution is 6.07. The van der Waals surface area contributed by atoms with Gasteiger partial charge in [-0.05, 0) is 24.5 Å². The Balaban J connectivity index is 1.84. The minimum absolute atomic E-state index is 0.319. The molecule has 0 spiro atoms. The summed E-state index contributed by atoms with van der Waals surface area (Å²) in [5, 5.41) is 0. The Bertz CT molecular complexity index is 511. The third-order valence-electron chi connectivity index (χ3n) is 3.44. The first kappa shape index (κ1) is 11.2. The van der Waals surface area contributed by atoms with Gasteiger partial charge in [0.1, 0.15) is 0 Å². The number of esters is 1. The first-order valence-electron chi connectivity index (χ1n) is 6.40. The second-order valence-corrected chi connectivity index (χ2v) is 4.76. The van der Waals surface area contributed by atoms with E-state index in [0.717, 1.165) is 18.4 Å². The minimum Gasteiger partial charge on any atom is -0.406 e. The lowest BCUT2D eigenvalue weighted by Crippen LogP contribution is -2.12. The van der Waals surface area contributed by atoms with Gasteiger partial charge in [-0.3, -0.25) is 0 Å². The molecular weight excluding hydrogens is 226 g/mol. The average molecular weight is 241 g/mol. The summed E-state index contributed by atoms with van der Waals surface area (Å²) in [5.74, 6) is 0.649. The maximum atomic E-state index is 11.7. The van der Waals surface area contributed by atoms with Crippen molar-refractivity contribution < 1.29 is 9.53 Å². The van der Waals surface area contributed by atoms with Gasteiger partial charge in [-0.15, -0.1) is 0 Å². The van der Waals surface area contributed by atoms with Gasteiger partial charge in [0.2, 0.25) is 5.90 Å². The highest BCUT2D eigenvalue weighted by atomic mass is 16.6. The number of hydrogen-bond acceptors (Lipinski definition) is 3. The largest absolute Gasteiger partial charge is 0.406 e. The molecule has 92 valence electrons. The van der Waals surface area contributed by atoms with E-state index in [1.54, 1.807) is 6.08 Å². The topological polar surface area (TPSA) is 38.7 Å². The van der Waals surface area contributed by atoms with E-state index < -0.39 is 0 Å². The van der Waals surface area contributed by atoms with E-state index in [1.807, 2.05) is 30.3 Å². The number of nitrogens with zero attached hydrogens (tertiary/aromatic N) is 1. The van der Waals surface area contributed by atoms with Crippen LogP contribution in [0.25, 0.3) is 6.08 Å². The fourth-order valence-electron chi connectivity index (χ4n) is 2.48. The van der Waals surface area contributed by atoms with Crippen LogP contribution in [0.1, 0.15) is 31.2 Å². The molecule has 1 aromatic rings. The van der Waals surface area contributed by atoms with Gasteiger partial charge in [0, 0.05) is 5.92 Å². The standard InChI is InChI=1S/C15H15NO2/c17-15-13(10-11-6-2-1-3-7-11)16-14(18-15)12-8-4-5-9-12/h1-3,6-7,10,12H,4-5,8-9H2/b13-10+. The number of aliphatic imine (C=N–C) groups is 1. The summed E-state index contributed by atoms with van der Waals surface area (Å²) in [4.78, 5) is 16.1. The van der Waals surface area contributed by atoms with Crippen LogP contribution in [-0.2, 0) is 9.53 Å². The van der Waals surface area contributed by atoms with Crippen LogP contribution in [-0.4, -0.2) is 11.9 Å². The lowest BCUT2D eigenvalue weighted by molar-refractivity contribution is -0.130. The van der Waals surface area contributed by atoms with Gasteiger partial charge < -0.3 is 4.74 Å². The van der Waals surface area contributed by atoms with Gasteiger partial charge in [0.25, 0.3) is 0 Å². The quantitative estimate of drug-likeness (QED) is 0.589. The van der Waals surface area contributed by atoms with E-state index >= 15 is 0 Å². The Hall–Kier alpha value is -1.90. The molecule has 0 amide bonds. The maximum absolute atomic E-state index is 11.7. The third kappa shape index (κ3) is 2.21. The zero-order valence-corrected chi connectivity index (χ0v) is 10.1. The van der Waals surface area contributed by atoms with Crippen LogP contribution in [0.3, 0.4) is 0 Å². The fraction of sp³-hybridized carbons (Fsp3) is 0.333. The summed E-state index contributed by atoms with van der Waals surface area (Å²) in [6.45, 7) is 0. The monoisotopic (exact) mass is 241 g/mol. The lowest BCUT2D eigenvalue weighted by atomic mass is 10.1. The molecular formula is C15H15NO2. The first-order chi connectivity index (χ1) is 8.83. The predicted octanol–water partition coefficient (Wildman–Crippen LogP) is 3.17. The number of rotatable bonds is 2. The molecule has 1 fully saturated rings. The molecule has 0 saturated heterocycles. The summed E-state index contributed by atoms with van der Waals surface area (Å²) in [6.07, 6.45) is 6.37. The number of ether oxygens (including phenoxy) is 1. The zero-order chi connectivity index (χ0) is 12.4. The van der Waals surface area contributed by atoms with Crippen molar-refractivity contribution in [2.75, 3.05) is 0 Å². The van der Waals surface area contributed by atoms with E-state index in [-0.39, 0.29) is 5.97 Å². The Labute approximate surface area is 106 Å². The Kier molecular flexibility index (Phi) is 2.97. The third-order valence-corrected chi connectivity index (χ3v) is 3.44. The molecule has 0 aromatic heterocycles. The molecule has 1 aromatic carbocycles. The predicted molar refractivity (Wildman–Crippen MR) is 69.9 cm³/mol. The van der Waals surface area contributed by atoms with Crippen molar-refractivity contribution in [1.82, 2.24) is 0 Å². The van der Waals surface area contributed by atoms with Gasteiger partial charge >= 0.3 is 5.97 Å². The van der Waals surface area contributed by atoms with Gasteiger partial charge in [-0.25, -0.2) is 9.79 Å². The molecule has 1 aliphatic heterocycles. The van der Waals surface area contributed by atoms with Crippen LogP contribution in [0.15, 0.2) is 41.0 Å². The number of carbonyl (C=O) groups is 1. The SMILES string of the molecule is O=C1OC(C2CCCC2)=N/C1=C/c1ccccc1. The molecule has 3 heteroatoms. The van der Waals surface area contributed by atoms with Crippen molar-refractivity contribution in [1.29, 1.82) is 0 Å². The van der Waals surface area contributed by atoms with Gasteiger partial charge in [0.15, 0.2) is 5.70 Å². The highest BCUT2D eigenvalue weighted by Crippen LogP contribution is 2.30. The molecule has 1 heterocycles. The zero-order valence-electron chi connectivity index (χ0n) is 10.1. The summed E-state index contributed by atoms with van der Waals surface area (Å²) in [6, 6.07) is 9.72. The van der Waals surface area contributed by atoms with E-state index in [0.29, 0.717) is 17.5 Å². The van der Waals surface area contributed by atoms with Crippen LogP contribution in [0.2, 0.25) is 0 Å². The molecule has 1 aliphatic carbocycles. The molecule has 2 aliphatic rings. The average Bonchev–Trinajstić information content (AvgIpc) is 3.01. The molecule has 0 bridgehead atoms. The van der Waals surface area contributed by atoms with Crippen LogP contribution in [0.5, 0.6) is 0 Å². The Morgan fingerprint density at radius 2 is 1.89 bits per heavy atom. The molecule has 1 saturated carbocycles. The van der Waals surface area contributed by atoms with Gasteiger partial charge in [0.05, 0.1) is 0 Å². The van der Waals surface area contributed by atoms with E-state index in [1.165, 1.54) is 12.8 Å². The maximum Gasteiger partial charge on any atom is 0.363 e. The summed E-state index contributed by atoms with van der Waals surface area (Å²) >= 11 is 0. The van der Waals surface area contributed by atoms with Crippen LogP contribution in [0, 0.1) is 5.92 Å². The molecule has 0 radical (unpaired) electrons. The van der Waals surface area contributed by atoms with Crippen molar-refractivity contribution in [3.63, 3.8) is 0 Å². The van der Waals surface area contributed by atoms with Gasteiger partial charge in [-0.1, -0.05) is 43.2 Å². The van der Waals surface area contributed by atoms with Crippen molar-refractivity contribution in [3.8, 4) is 0 Å². The Morgan fingerprint density at radius 3 is 2.61 bits per heavy atom. The fourth-order valence-corrected chi connectivity index (χ4v) is 2.48. The molecule has 0 unspecified atom stereocenters. The molecule has 0 atom stereocenters. The van der Waals surface area contributed by atoms with Crippen LogP contribution in [0.4, 0.5) is 0 Å². The molecule has 18 heavy (non-hydrogen) atoms. The summed E-state index contributed by atoms with van der Waals surface area (Å²) < 4.78 is 5.27. The molecule has 3 rings (SSSR count). The summed E-state index contributed by atoms with van der Waals surface area (Å²) in [7, 11) is 0. The smallest absolute Gasteiger partial charge is 0.363 e. The normalized spacial score (nSPS) is 22.3. The minimum atomic E-state index is -0.319. The second-order valence-electron chi connectivity index (χ2n) is 4.76. The van der Waals surface area contributed by atoms with E-state index in [9.17, 15) is 4.79 Å². The number of cyclic esters (lactones) is 1. The number of carbonyl (C=O) groups excluding carboxylic acids is 1. The van der Waals surface area contributed by atoms with Crippen molar-refractivity contribution in [2.45, 2.75) is 25.7 Å². The lowest BCUT2D eigenvalue weighted by Gasteiger charge is -2.05. The summed E-state index contributed by atoms with van der Waals surface area (Å²) in [5.41, 5.74) is 1.39. The van der Waals surface area contributed by atoms with Crippen LogP contribution >= 0.6 is 0 Å². The molecule has 3 nitrogen and oxygen atoms in total. The van der Waals surface area contributed by atoms with E-state index in [2.05, 4.69) is 4.99 Å². The number of benzene rings is 1. The molecule has 0 N–H and O–H groups in total. The van der Waals surface area contributed by atoms with Crippen molar-refractivity contribution in [2.24, 2.45) is 10.9 Å². The Morgan fingerprint density at radius 1 is 1.17 bits per heavy atom.